The molecular weight excluding hydrogens is 268 g/mol. The van der Waals surface area contributed by atoms with Crippen molar-refractivity contribution in [3.63, 3.8) is 0 Å². The Labute approximate surface area is 126 Å². The number of anilines is 2. The van der Waals surface area contributed by atoms with Gasteiger partial charge in [0.2, 0.25) is 5.75 Å². The normalized spacial score (nSPS) is 16.8. The van der Waals surface area contributed by atoms with Crippen LogP contribution in [0.2, 0.25) is 0 Å². The van der Waals surface area contributed by atoms with E-state index < -0.39 is 5.60 Å². The Bertz CT molecular complexity index is 461. The number of nitrogens with zero attached hydrogens (tertiary/aromatic N) is 3. The zero-order valence-electron chi connectivity index (χ0n) is 13.2. The van der Waals surface area contributed by atoms with Gasteiger partial charge in [-0.3, -0.25) is 0 Å². The first-order chi connectivity index (χ1) is 10.1. The summed E-state index contributed by atoms with van der Waals surface area (Å²) in [4.78, 5) is 10.5. The molecule has 6 heteroatoms. The molecule has 0 atom stereocenters. The summed E-state index contributed by atoms with van der Waals surface area (Å²) in [5, 5.41) is 13.8. The van der Waals surface area contributed by atoms with Crippen LogP contribution in [0.15, 0.2) is 6.33 Å². The molecule has 0 aromatic carbocycles. The number of methoxy groups -OCH3 is 1. The first-order valence-corrected chi connectivity index (χ1v) is 7.66. The molecule has 0 amide bonds. The minimum Gasteiger partial charge on any atom is -0.490 e. The number of ether oxygens (including phenoxy) is 1. The molecule has 1 fully saturated rings. The topological polar surface area (TPSA) is 70.5 Å². The molecule has 1 aromatic heterocycles. The van der Waals surface area contributed by atoms with E-state index in [9.17, 15) is 5.11 Å². The van der Waals surface area contributed by atoms with Crippen molar-refractivity contribution in [2.75, 3.05) is 37.5 Å². The van der Waals surface area contributed by atoms with E-state index in [1.807, 2.05) is 11.9 Å². The Morgan fingerprint density at radius 1 is 1.38 bits per heavy atom. The Hall–Kier alpha value is -1.56. The Balaban J connectivity index is 2.17. The fourth-order valence-corrected chi connectivity index (χ4v) is 2.90. The van der Waals surface area contributed by atoms with Gasteiger partial charge in [0.05, 0.1) is 12.7 Å². The largest absolute Gasteiger partial charge is 0.490 e. The van der Waals surface area contributed by atoms with Crippen molar-refractivity contribution >= 4 is 11.6 Å². The van der Waals surface area contributed by atoms with Crippen LogP contribution in [0.25, 0.3) is 0 Å². The molecule has 1 aliphatic carbocycles. The Kier molecular flexibility index (Phi) is 5.22. The van der Waals surface area contributed by atoms with E-state index >= 15 is 0 Å². The average Bonchev–Trinajstić information content (AvgIpc) is 2.90. The van der Waals surface area contributed by atoms with Crippen molar-refractivity contribution < 1.29 is 9.84 Å². The average molecular weight is 294 g/mol. The van der Waals surface area contributed by atoms with Gasteiger partial charge in [0.1, 0.15) is 6.33 Å². The van der Waals surface area contributed by atoms with Crippen molar-refractivity contribution in [3.8, 4) is 5.75 Å². The molecule has 0 saturated heterocycles. The summed E-state index contributed by atoms with van der Waals surface area (Å²) in [5.41, 5.74) is -0.609. The number of rotatable bonds is 7. The number of aromatic nitrogens is 2. The van der Waals surface area contributed by atoms with Crippen LogP contribution in [0.4, 0.5) is 11.6 Å². The molecular formula is C15H26N4O2. The summed E-state index contributed by atoms with van der Waals surface area (Å²) >= 11 is 0. The van der Waals surface area contributed by atoms with Crippen LogP contribution < -0.4 is 15.0 Å². The fourth-order valence-electron chi connectivity index (χ4n) is 2.90. The number of hydrogen-bond donors (Lipinski definition) is 2. The molecule has 1 aliphatic rings. The molecule has 1 saturated carbocycles. The highest BCUT2D eigenvalue weighted by Crippen LogP contribution is 2.35. The van der Waals surface area contributed by atoms with Crippen molar-refractivity contribution in [2.45, 2.75) is 44.6 Å². The van der Waals surface area contributed by atoms with E-state index in [4.69, 9.17) is 4.74 Å². The van der Waals surface area contributed by atoms with Gasteiger partial charge in [-0.1, -0.05) is 19.8 Å². The van der Waals surface area contributed by atoms with Gasteiger partial charge in [0, 0.05) is 20.1 Å². The number of nitrogens with one attached hydrogen (secondary N) is 1. The lowest BCUT2D eigenvalue weighted by Gasteiger charge is -2.30. The van der Waals surface area contributed by atoms with Crippen LogP contribution in [0.1, 0.15) is 39.0 Å². The lowest BCUT2D eigenvalue weighted by atomic mass is 10.0. The molecule has 2 N–H and O–H groups in total. The number of likely N-dealkylation sites (N-methyl/N-ethyl adjacent to an activating group) is 1. The smallest absolute Gasteiger partial charge is 0.204 e. The van der Waals surface area contributed by atoms with Gasteiger partial charge >= 0.3 is 0 Å². The maximum Gasteiger partial charge on any atom is 0.204 e. The van der Waals surface area contributed by atoms with Crippen molar-refractivity contribution in [1.82, 2.24) is 9.97 Å². The maximum atomic E-state index is 10.6. The van der Waals surface area contributed by atoms with Gasteiger partial charge in [-0.25, -0.2) is 9.97 Å². The summed E-state index contributed by atoms with van der Waals surface area (Å²) in [6.07, 6.45) is 6.43. The molecule has 0 bridgehead atoms. The lowest BCUT2D eigenvalue weighted by Crippen LogP contribution is -2.39. The summed E-state index contributed by atoms with van der Waals surface area (Å²) in [5.74, 6) is 2.05. The molecule has 118 valence electrons. The van der Waals surface area contributed by atoms with E-state index in [0.717, 1.165) is 38.6 Å². The minimum absolute atomic E-state index is 0.563. The summed E-state index contributed by atoms with van der Waals surface area (Å²) in [7, 11) is 3.56. The predicted molar refractivity (Wildman–Crippen MR) is 84.1 cm³/mol. The third-order valence-corrected chi connectivity index (χ3v) is 3.96. The van der Waals surface area contributed by atoms with Crippen LogP contribution >= 0.6 is 0 Å². The molecule has 1 heterocycles. The lowest BCUT2D eigenvalue weighted by molar-refractivity contribution is 0.0557. The van der Waals surface area contributed by atoms with E-state index in [0.29, 0.717) is 23.9 Å². The van der Waals surface area contributed by atoms with E-state index in [-0.39, 0.29) is 0 Å². The SMILES string of the molecule is CCCNc1ncnc(N(C)CC2(O)CCCC2)c1OC. The molecule has 2 rings (SSSR count). The number of aliphatic hydroxyl groups is 1. The summed E-state index contributed by atoms with van der Waals surface area (Å²) in [6.45, 7) is 3.50. The van der Waals surface area contributed by atoms with E-state index in [1.165, 1.54) is 6.33 Å². The monoisotopic (exact) mass is 294 g/mol. The van der Waals surface area contributed by atoms with Crippen molar-refractivity contribution in [2.24, 2.45) is 0 Å². The second-order valence-corrected chi connectivity index (χ2v) is 5.79. The zero-order valence-corrected chi connectivity index (χ0v) is 13.2. The molecule has 0 aliphatic heterocycles. The van der Waals surface area contributed by atoms with Gasteiger partial charge in [0.25, 0.3) is 0 Å². The van der Waals surface area contributed by atoms with Gasteiger partial charge in [-0.15, -0.1) is 0 Å². The first-order valence-electron chi connectivity index (χ1n) is 7.66. The van der Waals surface area contributed by atoms with E-state index in [2.05, 4.69) is 22.2 Å². The maximum absolute atomic E-state index is 10.6. The zero-order chi connectivity index (χ0) is 15.3. The van der Waals surface area contributed by atoms with Crippen LogP contribution in [-0.4, -0.2) is 47.9 Å². The van der Waals surface area contributed by atoms with Crippen molar-refractivity contribution in [3.05, 3.63) is 6.33 Å². The van der Waals surface area contributed by atoms with E-state index in [1.54, 1.807) is 7.11 Å². The quantitative estimate of drug-likeness (QED) is 0.802. The van der Waals surface area contributed by atoms with Crippen LogP contribution in [0, 0.1) is 0 Å². The highest BCUT2D eigenvalue weighted by Gasteiger charge is 2.33. The van der Waals surface area contributed by atoms with Gasteiger partial charge in [-0.05, 0) is 19.3 Å². The van der Waals surface area contributed by atoms with Crippen LogP contribution in [0.5, 0.6) is 5.75 Å². The third-order valence-electron chi connectivity index (χ3n) is 3.96. The third kappa shape index (κ3) is 3.75. The molecule has 0 spiro atoms. The van der Waals surface area contributed by atoms with Crippen LogP contribution in [-0.2, 0) is 0 Å². The second-order valence-electron chi connectivity index (χ2n) is 5.79. The number of hydrogen-bond acceptors (Lipinski definition) is 6. The second kappa shape index (κ2) is 6.93. The highest BCUT2D eigenvalue weighted by atomic mass is 16.5. The van der Waals surface area contributed by atoms with Gasteiger partial charge < -0.3 is 20.1 Å². The molecule has 0 radical (unpaired) electrons. The first kappa shape index (κ1) is 15.8. The molecule has 6 nitrogen and oxygen atoms in total. The van der Waals surface area contributed by atoms with Crippen molar-refractivity contribution in [1.29, 1.82) is 0 Å². The van der Waals surface area contributed by atoms with Gasteiger partial charge in [-0.2, -0.15) is 0 Å². The highest BCUT2D eigenvalue weighted by molar-refractivity contribution is 5.64. The Morgan fingerprint density at radius 2 is 2.10 bits per heavy atom. The summed E-state index contributed by atoms with van der Waals surface area (Å²) < 4.78 is 5.48. The predicted octanol–water partition coefficient (Wildman–Crippen LogP) is 2.05. The minimum atomic E-state index is -0.609. The molecule has 1 aromatic rings. The van der Waals surface area contributed by atoms with Crippen LogP contribution in [0.3, 0.4) is 0 Å². The molecule has 0 unspecified atom stereocenters. The Morgan fingerprint density at radius 3 is 2.71 bits per heavy atom. The standard InChI is InChI=1S/C15H26N4O2/c1-4-9-16-13-12(21-3)14(18-11-17-13)19(2)10-15(20)7-5-6-8-15/h11,20H,4-10H2,1-3H3,(H,16,17,18). The summed E-state index contributed by atoms with van der Waals surface area (Å²) in [6, 6.07) is 0. The fraction of sp³-hybridized carbons (Fsp3) is 0.733. The van der Waals surface area contributed by atoms with Gasteiger partial charge in [0.15, 0.2) is 11.6 Å². The molecule has 21 heavy (non-hydrogen) atoms.